The molecule has 1 aromatic rings. The Morgan fingerprint density at radius 3 is 2.78 bits per heavy atom. The number of rotatable bonds is 8. The first kappa shape index (κ1) is 17.7. The summed E-state index contributed by atoms with van der Waals surface area (Å²) in [5, 5.41) is 3.38. The minimum absolute atomic E-state index is 0. The van der Waals surface area contributed by atoms with Crippen molar-refractivity contribution in [1.29, 1.82) is 0 Å². The maximum absolute atomic E-state index is 5.31. The minimum Gasteiger partial charge on any atom is -0.496 e. The fourth-order valence-electron chi connectivity index (χ4n) is 1.55. The van der Waals surface area contributed by atoms with Crippen molar-refractivity contribution in [2.45, 2.75) is 19.9 Å². The summed E-state index contributed by atoms with van der Waals surface area (Å²) in [6.07, 6.45) is 1.03. The van der Waals surface area contributed by atoms with Gasteiger partial charge in [-0.25, -0.2) is 0 Å². The molecule has 5 heteroatoms. The molecule has 18 heavy (non-hydrogen) atoms. The second-order valence-corrected chi connectivity index (χ2v) is 4.60. The highest BCUT2D eigenvalue weighted by Crippen LogP contribution is 2.22. The molecule has 0 aliphatic heterocycles. The summed E-state index contributed by atoms with van der Waals surface area (Å²) in [5.41, 5.74) is 1.17. The van der Waals surface area contributed by atoms with Gasteiger partial charge in [0.05, 0.1) is 7.11 Å². The molecule has 0 saturated heterocycles. The van der Waals surface area contributed by atoms with Gasteiger partial charge in [0.15, 0.2) is 0 Å². The highest BCUT2D eigenvalue weighted by molar-refractivity contribution is 9.10. The van der Waals surface area contributed by atoms with E-state index in [4.69, 9.17) is 9.47 Å². The molecule has 0 amide bonds. The van der Waals surface area contributed by atoms with E-state index in [-0.39, 0.29) is 12.4 Å². The van der Waals surface area contributed by atoms with Crippen LogP contribution in [0.15, 0.2) is 22.7 Å². The summed E-state index contributed by atoms with van der Waals surface area (Å²) < 4.78 is 11.7. The van der Waals surface area contributed by atoms with E-state index < -0.39 is 0 Å². The molecule has 0 unspecified atom stereocenters. The quantitative estimate of drug-likeness (QED) is 0.737. The van der Waals surface area contributed by atoms with E-state index in [0.717, 1.165) is 42.9 Å². The van der Waals surface area contributed by atoms with Crippen LogP contribution in [-0.2, 0) is 11.3 Å². The number of nitrogens with one attached hydrogen (secondary N) is 1. The van der Waals surface area contributed by atoms with Crippen molar-refractivity contribution < 1.29 is 9.47 Å². The lowest BCUT2D eigenvalue weighted by atomic mass is 10.2. The fraction of sp³-hybridized carbons (Fsp3) is 0.538. The normalized spacial score (nSPS) is 9.94. The maximum atomic E-state index is 5.31. The molecule has 0 radical (unpaired) electrons. The molecule has 1 rings (SSSR count). The van der Waals surface area contributed by atoms with E-state index in [2.05, 4.69) is 27.3 Å². The average Bonchev–Trinajstić information content (AvgIpc) is 2.34. The molecule has 0 aliphatic carbocycles. The Bertz CT molecular complexity index is 337. The zero-order valence-electron chi connectivity index (χ0n) is 10.9. The molecule has 0 spiro atoms. The van der Waals surface area contributed by atoms with Crippen LogP contribution in [-0.4, -0.2) is 26.9 Å². The van der Waals surface area contributed by atoms with Crippen molar-refractivity contribution in [2.75, 3.05) is 26.9 Å². The number of methoxy groups -OCH3 is 1. The van der Waals surface area contributed by atoms with Crippen LogP contribution in [0.3, 0.4) is 0 Å². The number of hydrogen-bond donors (Lipinski definition) is 1. The zero-order valence-corrected chi connectivity index (χ0v) is 13.3. The highest BCUT2D eigenvalue weighted by atomic mass is 79.9. The van der Waals surface area contributed by atoms with Crippen molar-refractivity contribution in [3.05, 3.63) is 28.2 Å². The monoisotopic (exact) mass is 337 g/mol. The number of halogens is 2. The molecular formula is C13H21BrClNO2. The number of ether oxygens (including phenoxy) is 2. The molecule has 0 atom stereocenters. The summed E-state index contributed by atoms with van der Waals surface area (Å²) in [5.74, 6) is 0.922. The smallest absolute Gasteiger partial charge is 0.123 e. The lowest BCUT2D eigenvalue weighted by Crippen LogP contribution is -2.16. The summed E-state index contributed by atoms with van der Waals surface area (Å²) in [6.45, 7) is 5.39. The van der Waals surface area contributed by atoms with E-state index in [0.29, 0.717) is 0 Å². The van der Waals surface area contributed by atoms with Crippen molar-refractivity contribution in [2.24, 2.45) is 0 Å². The average molecular weight is 339 g/mol. The Morgan fingerprint density at radius 1 is 1.33 bits per heavy atom. The maximum Gasteiger partial charge on any atom is 0.123 e. The first-order valence-corrected chi connectivity index (χ1v) is 6.68. The van der Waals surface area contributed by atoms with Crippen LogP contribution in [0.2, 0.25) is 0 Å². The Labute approximate surface area is 124 Å². The Kier molecular flexibility index (Phi) is 10.4. The van der Waals surface area contributed by atoms with E-state index in [1.807, 2.05) is 19.1 Å². The molecule has 0 aromatic heterocycles. The van der Waals surface area contributed by atoms with Crippen LogP contribution in [0, 0.1) is 0 Å². The molecule has 3 nitrogen and oxygen atoms in total. The summed E-state index contributed by atoms with van der Waals surface area (Å²) in [4.78, 5) is 0. The molecule has 104 valence electrons. The van der Waals surface area contributed by atoms with Gasteiger partial charge in [-0.1, -0.05) is 15.9 Å². The fourth-order valence-corrected chi connectivity index (χ4v) is 1.96. The van der Waals surface area contributed by atoms with Gasteiger partial charge in [0.2, 0.25) is 0 Å². The van der Waals surface area contributed by atoms with Gasteiger partial charge >= 0.3 is 0 Å². The zero-order chi connectivity index (χ0) is 12.5. The molecule has 0 aliphatic rings. The number of hydrogen-bond acceptors (Lipinski definition) is 3. The van der Waals surface area contributed by atoms with Crippen LogP contribution < -0.4 is 10.1 Å². The van der Waals surface area contributed by atoms with Gasteiger partial charge in [-0.3, -0.25) is 0 Å². The third kappa shape index (κ3) is 6.59. The third-order valence-electron chi connectivity index (χ3n) is 2.40. The lowest BCUT2D eigenvalue weighted by Gasteiger charge is -2.10. The molecule has 1 aromatic carbocycles. The van der Waals surface area contributed by atoms with E-state index in [1.54, 1.807) is 7.11 Å². The molecular weight excluding hydrogens is 318 g/mol. The first-order chi connectivity index (χ1) is 8.27. The Morgan fingerprint density at radius 2 is 2.11 bits per heavy atom. The van der Waals surface area contributed by atoms with Gasteiger partial charge in [0.1, 0.15) is 5.75 Å². The summed E-state index contributed by atoms with van der Waals surface area (Å²) in [7, 11) is 1.70. The standard InChI is InChI=1S/C13H20BrNO2.ClH/c1-3-17-8-4-7-15-10-11-9-12(14)5-6-13(11)16-2;/h5-6,9,15H,3-4,7-8,10H2,1-2H3;1H. The van der Waals surface area contributed by atoms with Gasteiger partial charge in [0.25, 0.3) is 0 Å². The van der Waals surface area contributed by atoms with Gasteiger partial charge in [-0.2, -0.15) is 0 Å². The summed E-state index contributed by atoms with van der Waals surface area (Å²) in [6, 6.07) is 6.03. The van der Waals surface area contributed by atoms with Crippen LogP contribution in [0.1, 0.15) is 18.9 Å². The highest BCUT2D eigenvalue weighted by Gasteiger charge is 2.02. The molecule has 0 heterocycles. The second-order valence-electron chi connectivity index (χ2n) is 3.68. The summed E-state index contributed by atoms with van der Waals surface area (Å²) >= 11 is 3.47. The van der Waals surface area contributed by atoms with Crippen molar-refractivity contribution >= 4 is 28.3 Å². The van der Waals surface area contributed by atoms with Crippen LogP contribution >= 0.6 is 28.3 Å². The molecule has 0 saturated carbocycles. The van der Waals surface area contributed by atoms with Gasteiger partial charge in [0, 0.05) is 29.8 Å². The van der Waals surface area contributed by atoms with E-state index >= 15 is 0 Å². The first-order valence-electron chi connectivity index (χ1n) is 5.88. The van der Waals surface area contributed by atoms with Gasteiger partial charge < -0.3 is 14.8 Å². The second kappa shape index (κ2) is 10.6. The minimum atomic E-state index is 0. The number of benzene rings is 1. The van der Waals surface area contributed by atoms with Crippen molar-refractivity contribution in [3.63, 3.8) is 0 Å². The lowest BCUT2D eigenvalue weighted by molar-refractivity contribution is 0.144. The Balaban J connectivity index is 0.00000289. The van der Waals surface area contributed by atoms with Crippen molar-refractivity contribution in [1.82, 2.24) is 5.32 Å². The van der Waals surface area contributed by atoms with Crippen LogP contribution in [0.4, 0.5) is 0 Å². The molecule has 0 fully saturated rings. The predicted octanol–water partition coefficient (Wildman–Crippen LogP) is 3.40. The van der Waals surface area contributed by atoms with Crippen LogP contribution in [0.5, 0.6) is 5.75 Å². The molecule has 0 bridgehead atoms. The van der Waals surface area contributed by atoms with Crippen molar-refractivity contribution in [3.8, 4) is 5.75 Å². The van der Waals surface area contributed by atoms with Gasteiger partial charge in [-0.05, 0) is 38.1 Å². The third-order valence-corrected chi connectivity index (χ3v) is 2.90. The Hall–Kier alpha value is -0.290. The predicted molar refractivity (Wildman–Crippen MR) is 80.8 cm³/mol. The molecule has 1 N–H and O–H groups in total. The van der Waals surface area contributed by atoms with Crippen LogP contribution in [0.25, 0.3) is 0 Å². The van der Waals surface area contributed by atoms with Gasteiger partial charge in [-0.15, -0.1) is 12.4 Å². The van der Waals surface area contributed by atoms with E-state index in [9.17, 15) is 0 Å². The SMILES string of the molecule is CCOCCCNCc1cc(Br)ccc1OC.Cl. The van der Waals surface area contributed by atoms with E-state index in [1.165, 1.54) is 5.56 Å². The topological polar surface area (TPSA) is 30.5 Å². The largest absolute Gasteiger partial charge is 0.496 e.